The molecule has 1 atom stereocenters. The lowest BCUT2D eigenvalue weighted by Crippen LogP contribution is -2.38. The molecule has 24 heavy (non-hydrogen) atoms. The predicted octanol–water partition coefficient (Wildman–Crippen LogP) is 2.07. The molecule has 2 saturated heterocycles. The molecule has 1 unspecified atom stereocenters. The summed E-state index contributed by atoms with van der Waals surface area (Å²) in [5, 5.41) is 8.71. The van der Waals surface area contributed by atoms with Gasteiger partial charge < -0.3 is 14.2 Å². The van der Waals surface area contributed by atoms with Gasteiger partial charge in [-0.2, -0.15) is 0 Å². The van der Waals surface area contributed by atoms with Crippen molar-refractivity contribution >= 4 is 5.91 Å². The molecule has 6 nitrogen and oxygen atoms in total. The van der Waals surface area contributed by atoms with Crippen LogP contribution in [-0.4, -0.2) is 51.9 Å². The van der Waals surface area contributed by atoms with Crippen LogP contribution in [0.25, 0.3) is 0 Å². The molecule has 3 aliphatic rings. The Morgan fingerprint density at radius 1 is 1.38 bits per heavy atom. The Labute approximate surface area is 143 Å². The molecule has 3 heterocycles. The lowest BCUT2D eigenvalue weighted by Gasteiger charge is -2.37. The summed E-state index contributed by atoms with van der Waals surface area (Å²) in [6, 6.07) is 0. The van der Waals surface area contributed by atoms with Crippen molar-refractivity contribution in [1.82, 2.24) is 19.7 Å². The quantitative estimate of drug-likeness (QED) is 0.847. The highest BCUT2D eigenvalue weighted by Crippen LogP contribution is 2.49. The number of hydrogen-bond donors (Lipinski definition) is 0. The van der Waals surface area contributed by atoms with Crippen LogP contribution in [0, 0.1) is 17.3 Å². The van der Waals surface area contributed by atoms with Gasteiger partial charge in [0.25, 0.3) is 0 Å². The fraction of sp³-hybridized carbons (Fsp3) is 0.833. The van der Waals surface area contributed by atoms with Gasteiger partial charge in [-0.05, 0) is 31.6 Å². The molecule has 0 N–H and O–H groups in total. The third kappa shape index (κ3) is 2.85. The molecular weight excluding hydrogens is 304 g/mol. The van der Waals surface area contributed by atoms with Gasteiger partial charge in [-0.1, -0.05) is 13.8 Å². The lowest BCUT2D eigenvalue weighted by molar-refractivity contribution is -0.134. The molecule has 2 aliphatic heterocycles. The van der Waals surface area contributed by atoms with Crippen LogP contribution in [0.5, 0.6) is 0 Å². The van der Waals surface area contributed by atoms with E-state index in [0.717, 1.165) is 57.4 Å². The van der Waals surface area contributed by atoms with Gasteiger partial charge >= 0.3 is 0 Å². The van der Waals surface area contributed by atoms with Crippen LogP contribution >= 0.6 is 0 Å². The summed E-state index contributed by atoms with van der Waals surface area (Å²) < 4.78 is 7.88. The maximum atomic E-state index is 12.6. The topological polar surface area (TPSA) is 60.2 Å². The van der Waals surface area contributed by atoms with Crippen LogP contribution in [0.1, 0.15) is 51.3 Å². The average molecular weight is 332 g/mol. The van der Waals surface area contributed by atoms with Gasteiger partial charge in [-0.15, -0.1) is 10.2 Å². The van der Waals surface area contributed by atoms with Crippen LogP contribution in [-0.2, 0) is 16.1 Å². The summed E-state index contributed by atoms with van der Waals surface area (Å²) in [4.78, 5) is 14.7. The summed E-state index contributed by atoms with van der Waals surface area (Å²) in [6.07, 6.45) is 6.54. The standard InChI is InChI=1S/C18H28N4O2/c1-13(2)17(23)21-10-15(18(11-21)5-7-24-8-6-18)16-20-19-12-22(16)9-14-3-4-14/h12-15H,3-11H2,1-2H3. The summed E-state index contributed by atoms with van der Waals surface area (Å²) in [7, 11) is 0. The number of hydrogen-bond acceptors (Lipinski definition) is 4. The summed E-state index contributed by atoms with van der Waals surface area (Å²) >= 11 is 0. The van der Waals surface area contributed by atoms with Gasteiger partial charge in [0.1, 0.15) is 12.2 Å². The van der Waals surface area contributed by atoms with Crippen LogP contribution in [0.15, 0.2) is 6.33 Å². The highest BCUT2D eigenvalue weighted by Gasteiger charge is 2.51. The van der Waals surface area contributed by atoms with E-state index in [-0.39, 0.29) is 23.2 Å². The van der Waals surface area contributed by atoms with Gasteiger partial charge in [0.2, 0.25) is 5.91 Å². The molecule has 3 fully saturated rings. The average Bonchev–Trinajstić information content (AvgIpc) is 3.16. The first-order chi connectivity index (χ1) is 11.6. The highest BCUT2D eigenvalue weighted by atomic mass is 16.5. The van der Waals surface area contributed by atoms with Gasteiger partial charge in [0, 0.05) is 50.1 Å². The Bertz CT molecular complexity index is 602. The fourth-order valence-corrected chi connectivity index (χ4v) is 4.39. The van der Waals surface area contributed by atoms with Crippen molar-refractivity contribution in [2.75, 3.05) is 26.3 Å². The van der Waals surface area contributed by atoms with Crippen LogP contribution in [0.2, 0.25) is 0 Å². The molecule has 6 heteroatoms. The largest absolute Gasteiger partial charge is 0.381 e. The zero-order chi connectivity index (χ0) is 16.7. The van der Waals surface area contributed by atoms with Gasteiger partial charge in [-0.25, -0.2) is 0 Å². The molecule has 0 aromatic carbocycles. The van der Waals surface area contributed by atoms with Crippen molar-refractivity contribution in [3.63, 3.8) is 0 Å². The van der Waals surface area contributed by atoms with Crippen molar-refractivity contribution in [3.05, 3.63) is 12.2 Å². The van der Waals surface area contributed by atoms with Crippen molar-refractivity contribution in [1.29, 1.82) is 0 Å². The molecule has 1 aromatic rings. The van der Waals surface area contributed by atoms with E-state index in [2.05, 4.69) is 19.7 Å². The zero-order valence-corrected chi connectivity index (χ0v) is 14.8. The monoisotopic (exact) mass is 332 g/mol. The van der Waals surface area contributed by atoms with Crippen molar-refractivity contribution in [2.24, 2.45) is 17.3 Å². The molecule has 0 bridgehead atoms. The third-order valence-electron chi connectivity index (χ3n) is 6.05. The third-order valence-corrected chi connectivity index (χ3v) is 6.05. The molecule has 132 valence electrons. The molecule has 0 radical (unpaired) electrons. The van der Waals surface area contributed by atoms with Crippen molar-refractivity contribution < 1.29 is 9.53 Å². The molecule has 1 aliphatic carbocycles. The Kier molecular flexibility index (Phi) is 4.11. The van der Waals surface area contributed by atoms with Gasteiger partial charge in [-0.3, -0.25) is 4.79 Å². The maximum Gasteiger partial charge on any atom is 0.225 e. The lowest BCUT2D eigenvalue weighted by atomic mass is 9.71. The van der Waals surface area contributed by atoms with Gasteiger partial charge in [0.05, 0.1) is 0 Å². The van der Waals surface area contributed by atoms with E-state index in [0.29, 0.717) is 0 Å². The molecule has 1 aromatic heterocycles. The minimum Gasteiger partial charge on any atom is -0.381 e. The van der Waals surface area contributed by atoms with E-state index in [1.54, 1.807) is 0 Å². The summed E-state index contributed by atoms with van der Waals surface area (Å²) in [5.74, 6) is 2.47. The van der Waals surface area contributed by atoms with Crippen molar-refractivity contribution in [3.8, 4) is 0 Å². The van der Waals surface area contributed by atoms with E-state index in [9.17, 15) is 4.79 Å². The second-order valence-corrected chi connectivity index (χ2v) is 8.19. The molecule has 1 amide bonds. The fourth-order valence-electron chi connectivity index (χ4n) is 4.39. The van der Waals surface area contributed by atoms with Gasteiger partial charge in [0.15, 0.2) is 0 Å². The van der Waals surface area contributed by atoms with Crippen LogP contribution in [0.3, 0.4) is 0 Å². The minimum atomic E-state index is 0.0463. The first-order valence-electron chi connectivity index (χ1n) is 9.33. The van der Waals surface area contributed by atoms with E-state index in [1.807, 2.05) is 20.2 Å². The summed E-state index contributed by atoms with van der Waals surface area (Å²) in [6.45, 7) is 8.20. The Balaban J connectivity index is 1.63. The number of carbonyl (C=O) groups excluding carboxylic acids is 1. The first-order valence-corrected chi connectivity index (χ1v) is 9.33. The van der Waals surface area contributed by atoms with Crippen molar-refractivity contribution in [2.45, 2.75) is 52.0 Å². The molecule has 4 rings (SSSR count). The van der Waals surface area contributed by atoms with Crippen LogP contribution < -0.4 is 0 Å². The number of likely N-dealkylation sites (tertiary alicyclic amines) is 1. The molecule has 1 saturated carbocycles. The Morgan fingerprint density at radius 2 is 2.12 bits per heavy atom. The minimum absolute atomic E-state index is 0.0463. The SMILES string of the molecule is CC(C)C(=O)N1CC(c2nncn2CC2CC2)C2(CCOCC2)C1. The van der Waals surface area contributed by atoms with Crippen LogP contribution in [0.4, 0.5) is 0 Å². The van der Waals surface area contributed by atoms with E-state index in [4.69, 9.17) is 4.74 Å². The second kappa shape index (κ2) is 6.14. The number of amides is 1. The molecule has 1 spiro atoms. The van der Waals surface area contributed by atoms with E-state index >= 15 is 0 Å². The predicted molar refractivity (Wildman–Crippen MR) is 89.4 cm³/mol. The molecular formula is C18H28N4O2. The number of ether oxygens (including phenoxy) is 1. The summed E-state index contributed by atoms with van der Waals surface area (Å²) in [5.41, 5.74) is 0.108. The number of rotatable bonds is 4. The smallest absolute Gasteiger partial charge is 0.225 e. The second-order valence-electron chi connectivity index (χ2n) is 8.19. The number of carbonyl (C=O) groups is 1. The first kappa shape index (κ1) is 16.1. The number of aromatic nitrogens is 3. The highest BCUT2D eigenvalue weighted by molar-refractivity contribution is 5.78. The Morgan fingerprint density at radius 3 is 2.79 bits per heavy atom. The number of nitrogens with zero attached hydrogens (tertiary/aromatic N) is 4. The zero-order valence-electron chi connectivity index (χ0n) is 14.8. The van der Waals surface area contributed by atoms with E-state index in [1.165, 1.54) is 12.8 Å². The Hall–Kier alpha value is -1.43. The maximum absolute atomic E-state index is 12.6. The van der Waals surface area contributed by atoms with E-state index < -0.39 is 0 Å². The normalized spacial score (nSPS) is 26.5.